The Bertz CT molecular complexity index is 652. The second kappa shape index (κ2) is 5.72. The molecule has 2 aromatic rings. The SMILES string of the molecule is N#Cc1ccc(OCc2cc(F)ccc2Br)c(N)c1. The van der Waals surface area contributed by atoms with Gasteiger partial charge in [-0.05, 0) is 36.4 Å². The van der Waals surface area contributed by atoms with E-state index in [1.54, 1.807) is 18.2 Å². The monoisotopic (exact) mass is 320 g/mol. The van der Waals surface area contributed by atoms with Gasteiger partial charge >= 0.3 is 0 Å². The molecule has 2 aromatic carbocycles. The highest BCUT2D eigenvalue weighted by Gasteiger charge is 2.06. The van der Waals surface area contributed by atoms with Crippen molar-refractivity contribution in [3.05, 3.63) is 57.8 Å². The fourth-order valence-corrected chi connectivity index (χ4v) is 1.92. The Kier molecular flexibility index (Phi) is 4.03. The van der Waals surface area contributed by atoms with E-state index in [0.717, 1.165) is 4.47 Å². The predicted octanol–water partition coefficient (Wildman–Crippen LogP) is 3.62. The van der Waals surface area contributed by atoms with Gasteiger partial charge in [0.15, 0.2) is 0 Å². The number of nitrogen functional groups attached to an aromatic ring is 1. The molecule has 3 nitrogen and oxygen atoms in total. The fourth-order valence-electron chi connectivity index (χ4n) is 1.56. The molecule has 0 amide bonds. The third-order valence-corrected chi connectivity index (χ3v) is 3.30. The summed E-state index contributed by atoms with van der Waals surface area (Å²) in [4.78, 5) is 0. The van der Waals surface area contributed by atoms with Gasteiger partial charge in [0, 0.05) is 10.0 Å². The molecular weight excluding hydrogens is 311 g/mol. The predicted molar refractivity (Wildman–Crippen MR) is 74.0 cm³/mol. The average Bonchev–Trinajstić information content (AvgIpc) is 2.40. The third kappa shape index (κ3) is 3.24. The van der Waals surface area contributed by atoms with Crippen LogP contribution in [0.15, 0.2) is 40.9 Å². The van der Waals surface area contributed by atoms with E-state index in [0.29, 0.717) is 22.6 Å². The van der Waals surface area contributed by atoms with Crippen LogP contribution in [0, 0.1) is 17.1 Å². The van der Waals surface area contributed by atoms with Crippen LogP contribution >= 0.6 is 15.9 Å². The zero-order chi connectivity index (χ0) is 13.8. The summed E-state index contributed by atoms with van der Waals surface area (Å²) in [5.41, 5.74) is 7.30. The first-order valence-electron chi connectivity index (χ1n) is 5.46. The van der Waals surface area contributed by atoms with E-state index in [-0.39, 0.29) is 12.4 Å². The van der Waals surface area contributed by atoms with Crippen LogP contribution in [0.5, 0.6) is 5.75 Å². The third-order valence-electron chi connectivity index (χ3n) is 2.53. The van der Waals surface area contributed by atoms with E-state index in [9.17, 15) is 4.39 Å². The van der Waals surface area contributed by atoms with E-state index < -0.39 is 0 Å². The molecule has 19 heavy (non-hydrogen) atoms. The number of hydrogen-bond acceptors (Lipinski definition) is 3. The van der Waals surface area contributed by atoms with Crippen LogP contribution in [0.3, 0.4) is 0 Å². The molecule has 0 bridgehead atoms. The van der Waals surface area contributed by atoms with Crippen molar-refractivity contribution in [2.24, 2.45) is 0 Å². The lowest BCUT2D eigenvalue weighted by Gasteiger charge is -2.10. The zero-order valence-corrected chi connectivity index (χ0v) is 11.4. The van der Waals surface area contributed by atoms with Gasteiger partial charge in [-0.25, -0.2) is 4.39 Å². The van der Waals surface area contributed by atoms with Crippen LogP contribution in [0.4, 0.5) is 10.1 Å². The highest BCUT2D eigenvalue weighted by atomic mass is 79.9. The maximum absolute atomic E-state index is 13.1. The van der Waals surface area contributed by atoms with Gasteiger partial charge < -0.3 is 10.5 Å². The van der Waals surface area contributed by atoms with Crippen LogP contribution < -0.4 is 10.5 Å². The van der Waals surface area contributed by atoms with Crippen molar-refractivity contribution in [2.75, 3.05) is 5.73 Å². The largest absolute Gasteiger partial charge is 0.487 e. The second-order valence-electron chi connectivity index (χ2n) is 3.89. The summed E-state index contributed by atoms with van der Waals surface area (Å²) in [5.74, 6) is 0.143. The van der Waals surface area contributed by atoms with Gasteiger partial charge in [0.05, 0.1) is 17.3 Å². The van der Waals surface area contributed by atoms with Crippen LogP contribution in [-0.4, -0.2) is 0 Å². The molecule has 0 aliphatic carbocycles. The minimum atomic E-state index is -0.324. The van der Waals surface area contributed by atoms with E-state index in [4.69, 9.17) is 15.7 Å². The summed E-state index contributed by atoms with van der Waals surface area (Å²) in [6.45, 7) is 0.189. The number of halogens is 2. The van der Waals surface area contributed by atoms with Crippen molar-refractivity contribution in [1.82, 2.24) is 0 Å². The standard InChI is InChI=1S/C14H10BrFN2O/c15-12-3-2-11(16)6-10(12)8-19-14-4-1-9(7-17)5-13(14)18/h1-6H,8,18H2. The summed E-state index contributed by atoms with van der Waals surface area (Å²) in [6.07, 6.45) is 0. The number of benzene rings is 2. The zero-order valence-electron chi connectivity index (χ0n) is 9.86. The fraction of sp³-hybridized carbons (Fsp3) is 0.0714. The summed E-state index contributed by atoms with van der Waals surface area (Å²) >= 11 is 3.32. The van der Waals surface area contributed by atoms with Gasteiger partial charge in [-0.1, -0.05) is 15.9 Å². The molecule has 5 heteroatoms. The number of ether oxygens (including phenoxy) is 1. The first kappa shape index (κ1) is 13.4. The van der Waals surface area contributed by atoms with Crippen LogP contribution in [0.25, 0.3) is 0 Å². The molecule has 0 saturated carbocycles. The molecule has 0 unspecified atom stereocenters. The molecule has 0 aliphatic rings. The smallest absolute Gasteiger partial charge is 0.142 e. The number of nitriles is 1. The molecule has 0 fully saturated rings. The molecule has 0 spiro atoms. The Morgan fingerprint density at radius 1 is 1.26 bits per heavy atom. The summed E-state index contributed by atoms with van der Waals surface area (Å²) < 4.78 is 19.4. The van der Waals surface area contributed by atoms with Gasteiger partial charge in [0.2, 0.25) is 0 Å². The minimum Gasteiger partial charge on any atom is -0.487 e. The lowest BCUT2D eigenvalue weighted by Crippen LogP contribution is -2.00. The summed E-state index contributed by atoms with van der Waals surface area (Å²) in [5, 5.41) is 8.73. The van der Waals surface area contributed by atoms with E-state index in [2.05, 4.69) is 15.9 Å². The van der Waals surface area contributed by atoms with Crippen LogP contribution in [-0.2, 0) is 6.61 Å². The van der Waals surface area contributed by atoms with Gasteiger partial charge in [-0.2, -0.15) is 5.26 Å². The molecule has 0 heterocycles. The molecule has 96 valence electrons. The Morgan fingerprint density at radius 3 is 2.74 bits per heavy atom. The Balaban J connectivity index is 2.15. The van der Waals surface area contributed by atoms with Crippen molar-refractivity contribution in [3.63, 3.8) is 0 Å². The van der Waals surface area contributed by atoms with Gasteiger partial charge in [-0.15, -0.1) is 0 Å². The van der Waals surface area contributed by atoms with Gasteiger partial charge in [0.25, 0.3) is 0 Å². The maximum atomic E-state index is 13.1. The van der Waals surface area contributed by atoms with Crippen molar-refractivity contribution >= 4 is 21.6 Å². The summed E-state index contributed by atoms with van der Waals surface area (Å²) in [7, 11) is 0. The van der Waals surface area contributed by atoms with Crippen LogP contribution in [0.1, 0.15) is 11.1 Å². The number of anilines is 1. The molecule has 2 N–H and O–H groups in total. The highest BCUT2D eigenvalue weighted by Crippen LogP contribution is 2.25. The molecule has 0 aromatic heterocycles. The number of nitrogens with two attached hydrogens (primary N) is 1. The molecule has 0 aliphatic heterocycles. The van der Waals surface area contributed by atoms with E-state index in [1.165, 1.54) is 18.2 Å². The molecular formula is C14H10BrFN2O. The van der Waals surface area contributed by atoms with E-state index >= 15 is 0 Å². The van der Waals surface area contributed by atoms with Gasteiger partial charge in [-0.3, -0.25) is 0 Å². The normalized spacial score (nSPS) is 9.95. The van der Waals surface area contributed by atoms with Crippen molar-refractivity contribution in [3.8, 4) is 11.8 Å². The molecule has 2 rings (SSSR count). The first-order chi connectivity index (χ1) is 9.10. The Labute approximate surface area is 118 Å². The van der Waals surface area contributed by atoms with Crippen LogP contribution in [0.2, 0.25) is 0 Å². The van der Waals surface area contributed by atoms with Crippen molar-refractivity contribution in [1.29, 1.82) is 5.26 Å². The lowest BCUT2D eigenvalue weighted by atomic mass is 10.2. The first-order valence-corrected chi connectivity index (χ1v) is 6.26. The Hall–Kier alpha value is -2.06. The quantitative estimate of drug-likeness (QED) is 0.879. The molecule has 0 radical (unpaired) electrons. The topological polar surface area (TPSA) is 59.0 Å². The molecule has 0 atom stereocenters. The highest BCUT2D eigenvalue weighted by molar-refractivity contribution is 9.10. The maximum Gasteiger partial charge on any atom is 0.142 e. The minimum absolute atomic E-state index is 0.189. The molecule has 0 saturated heterocycles. The van der Waals surface area contributed by atoms with Gasteiger partial charge in [0.1, 0.15) is 18.2 Å². The number of nitrogens with zero attached hydrogens (tertiary/aromatic N) is 1. The summed E-state index contributed by atoms with van der Waals surface area (Å²) in [6, 6.07) is 11.2. The lowest BCUT2D eigenvalue weighted by molar-refractivity contribution is 0.306. The number of rotatable bonds is 3. The van der Waals surface area contributed by atoms with E-state index in [1.807, 2.05) is 6.07 Å². The Morgan fingerprint density at radius 2 is 2.05 bits per heavy atom. The van der Waals surface area contributed by atoms with Crippen molar-refractivity contribution < 1.29 is 9.13 Å². The number of hydrogen-bond donors (Lipinski definition) is 1. The average molecular weight is 321 g/mol. The second-order valence-corrected chi connectivity index (χ2v) is 4.74. The van der Waals surface area contributed by atoms with Crippen molar-refractivity contribution in [2.45, 2.75) is 6.61 Å².